The van der Waals surface area contributed by atoms with Gasteiger partial charge < -0.3 is 19.6 Å². The highest BCUT2D eigenvalue weighted by molar-refractivity contribution is 8.00. The molecule has 3 saturated heterocycles. The number of carbonyl (C=O) groups is 1. The Hall–Kier alpha value is -2.13. The Morgan fingerprint density at radius 2 is 1.78 bits per heavy atom. The molecule has 0 saturated carbocycles. The summed E-state index contributed by atoms with van der Waals surface area (Å²) in [6.45, 7) is 4.82. The topological polar surface area (TPSA) is 56.3 Å². The van der Waals surface area contributed by atoms with Crippen LogP contribution in [0.25, 0.3) is 0 Å². The van der Waals surface area contributed by atoms with Crippen molar-refractivity contribution in [3.63, 3.8) is 0 Å². The quantitative estimate of drug-likeness (QED) is 0.587. The van der Waals surface area contributed by atoms with Crippen molar-refractivity contribution >= 4 is 17.7 Å². The van der Waals surface area contributed by atoms with E-state index in [2.05, 4.69) is 26.8 Å². The maximum absolute atomic E-state index is 13.9. The normalized spacial score (nSPS) is 24.5. The molecule has 1 N–H and O–H groups in total. The molecular formula is C29H38FN3O3S. The van der Waals surface area contributed by atoms with Crippen molar-refractivity contribution in [2.45, 2.75) is 67.0 Å². The average Bonchev–Trinajstić information content (AvgIpc) is 3.31. The number of rotatable bonds is 7. The molecule has 3 aliphatic rings. The molecule has 0 spiro atoms. The van der Waals surface area contributed by atoms with Gasteiger partial charge in [-0.3, -0.25) is 9.69 Å². The Morgan fingerprint density at radius 3 is 2.46 bits per heavy atom. The van der Waals surface area contributed by atoms with Crippen LogP contribution in [0.2, 0.25) is 0 Å². The Morgan fingerprint density at radius 1 is 1.05 bits per heavy atom. The van der Waals surface area contributed by atoms with Crippen molar-refractivity contribution < 1.29 is 19.0 Å². The first-order valence-corrected chi connectivity index (χ1v) is 14.4. The minimum absolute atomic E-state index is 0.159. The summed E-state index contributed by atoms with van der Waals surface area (Å²) in [5.74, 6) is 0.804. The van der Waals surface area contributed by atoms with Crippen LogP contribution in [0.5, 0.6) is 5.75 Å². The molecular weight excluding hydrogens is 489 g/mol. The summed E-state index contributed by atoms with van der Waals surface area (Å²) in [5, 5.41) is 10.1. The Kier molecular flexibility index (Phi) is 8.70. The van der Waals surface area contributed by atoms with Crippen molar-refractivity contribution in [2.75, 3.05) is 39.8 Å². The van der Waals surface area contributed by atoms with Crippen LogP contribution in [0, 0.1) is 5.82 Å². The lowest BCUT2D eigenvalue weighted by molar-refractivity contribution is -0.137. The van der Waals surface area contributed by atoms with Crippen LogP contribution in [0.3, 0.4) is 0 Å². The molecule has 0 aliphatic carbocycles. The fourth-order valence-electron chi connectivity index (χ4n) is 6.01. The summed E-state index contributed by atoms with van der Waals surface area (Å²) >= 11 is 1.81. The van der Waals surface area contributed by atoms with Crippen LogP contribution in [-0.2, 0) is 11.3 Å². The van der Waals surface area contributed by atoms with Crippen molar-refractivity contribution in [3.8, 4) is 5.75 Å². The zero-order valence-electron chi connectivity index (χ0n) is 21.6. The summed E-state index contributed by atoms with van der Waals surface area (Å²) in [7, 11) is 1.67. The van der Waals surface area contributed by atoms with Crippen molar-refractivity contribution in [1.29, 1.82) is 0 Å². The molecule has 3 heterocycles. The van der Waals surface area contributed by atoms with Crippen LogP contribution in [0.15, 0.2) is 53.4 Å². The summed E-state index contributed by atoms with van der Waals surface area (Å²) in [6.07, 6.45) is 4.31. The molecule has 2 atom stereocenters. The second-order valence-electron chi connectivity index (χ2n) is 10.5. The molecule has 0 radical (unpaired) electrons. The Balaban J connectivity index is 1.24. The van der Waals surface area contributed by atoms with E-state index >= 15 is 0 Å². The number of thioether (sulfide) groups is 1. The van der Waals surface area contributed by atoms with Crippen LogP contribution in [0.4, 0.5) is 4.39 Å². The van der Waals surface area contributed by atoms with Gasteiger partial charge in [0.25, 0.3) is 0 Å². The molecule has 3 fully saturated rings. The average molecular weight is 528 g/mol. The number of likely N-dealkylation sites (tertiary alicyclic amines) is 3. The number of ether oxygens (including phenoxy) is 1. The van der Waals surface area contributed by atoms with E-state index in [1.807, 2.05) is 18.2 Å². The molecule has 37 heavy (non-hydrogen) atoms. The molecule has 3 aliphatic heterocycles. The standard InChI is InChI=1S/C29H38FN3O3S/c1-36-25-5-7-26(8-6-25)37-27-18-28(33(20-27)19-21-3-2-4-22(30)17-21)29(35)32-13-9-23(10-14-32)31-15-11-24(34)12-16-31/h2-8,17,23-24,27-28,34H,9-16,18-20H2,1H3/t27-,28-/m0/s1. The van der Waals surface area contributed by atoms with E-state index < -0.39 is 0 Å². The lowest BCUT2D eigenvalue weighted by Gasteiger charge is -2.42. The van der Waals surface area contributed by atoms with Crippen LogP contribution in [-0.4, -0.2) is 89.0 Å². The summed E-state index contributed by atoms with van der Waals surface area (Å²) in [6, 6.07) is 15.1. The number of methoxy groups -OCH3 is 1. The number of aliphatic hydroxyl groups is 1. The lowest BCUT2D eigenvalue weighted by Crippen LogP contribution is -2.52. The summed E-state index contributed by atoms with van der Waals surface area (Å²) < 4.78 is 19.2. The summed E-state index contributed by atoms with van der Waals surface area (Å²) in [4.78, 5) is 21.8. The van der Waals surface area contributed by atoms with Gasteiger partial charge in [0.1, 0.15) is 11.6 Å². The predicted octanol–water partition coefficient (Wildman–Crippen LogP) is 4.02. The van der Waals surface area contributed by atoms with E-state index in [0.29, 0.717) is 12.6 Å². The minimum Gasteiger partial charge on any atom is -0.497 e. The predicted molar refractivity (Wildman–Crippen MR) is 144 cm³/mol. The second-order valence-corrected chi connectivity index (χ2v) is 11.9. The third-order valence-corrected chi connectivity index (χ3v) is 9.30. The highest BCUT2D eigenvalue weighted by Crippen LogP contribution is 2.35. The number of halogens is 1. The fraction of sp³-hybridized carbons (Fsp3) is 0.552. The first kappa shape index (κ1) is 26.5. The number of hydrogen-bond acceptors (Lipinski definition) is 6. The van der Waals surface area contributed by atoms with Crippen molar-refractivity contribution in [1.82, 2.24) is 14.7 Å². The third-order valence-electron chi connectivity index (χ3n) is 8.08. The molecule has 5 rings (SSSR count). The van der Waals surface area contributed by atoms with Gasteiger partial charge in [-0.05, 0) is 74.1 Å². The number of nitrogens with zero attached hydrogens (tertiary/aromatic N) is 3. The van der Waals surface area contributed by atoms with Crippen LogP contribution >= 0.6 is 11.8 Å². The second kappa shape index (κ2) is 12.2. The van der Waals surface area contributed by atoms with E-state index in [9.17, 15) is 14.3 Å². The van der Waals surface area contributed by atoms with Gasteiger partial charge in [0.15, 0.2) is 0 Å². The molecule has 2 aromatic carbocycles. The number of benzene rings is 2. The van der Waals surface area contributed by atoms with Crippen LogP contribution < -0.4 is 4.74 Å². The molecule has 6 nitrogen and oxygen atoms in total. The number of hydrogen-bond donors (Lipinski definition) is 1. The third kappa shape index (κ3) is 6.66. The van der Waals surface area contributed by atoms with Gasteiger partial charge in [-0.25, -0.2) is 4.39 Å². The number of amides is 1. The molecule has 8 heteroatoms. The Labute approximate surface area is 223 Å². The largest absolute Gasteiger partial charge is 0.497 e. The first-order valence-electron chi connectivity index (χ1n) is 13.5. The van der Waals surface area contributed by atoms with E-state index in [1.165, 1.54) is 6.07 Å². The number of piperidine rings is 2. The minimum atomic E-state index is -0.240. The fourth-order valence-corrected chi connectivity index (χ4v) is 7.23. The van der Waals surface area contributed by atoms with Gasteiger partial charge in [-0.15, -0.1) is 11.8 Å². The summed E-state index contributed by atoms with van der Waals surface area (Å²) in [5.41, 5.74) is 0.902. The van der Waals surface area contributed by atoms with Gasteiger partial charge in [0.2, 0.25) is 5.91 Å². The van der Waals surface area contributed by atoms with Gasteiger partial charge in [0.05, 0.1) is 19.3 Å². The van der Waals surface area contributed by atoms with E-state index in [1.54, 1.807) is 31.0 Å². The SMILES string of the molecule is COc1ccc(S[C@H]2C[C@@H](C(=O)N3CCC(N4CCC(O)CC4)CC3)N(Cc3cccc(F)c3)C2)cc1. The van der Waals surface area contributed by atoms with Crippen LogP contribution in [0.1, 0.15) is 37.7 Å². The Bertz CT molecular complexity index is 1040. The maximum atomic E-state index is 13.9. The van der Waals surface area contributed by atoms with Crippen molar-refractivity contribution in [3.05, 3.63) is 59.9 Å². The monoisotopic (exact) mass is 527 g/mol. The molecule has 0 bridgehead atoms. The lowest BCUT2D eigenvalue weighted by atomic mass is 9.98. The maximum Gasteiger partial charge on any atom is 0.239 e. The van der Waals surface area contributed by atoms with E-state index in [-0.39, 0.29) is 29.1 Å². The molecule has 200 valence electrons. The smallest absolute Gasteiger partial charge is 0.239 e. The van der Waals surface area contributed by atoms with E-state index in [4.69, 9.17) is 4.74 Å². The molecule has 0 unspecified atom stereocenters. The molecule has 1 amide bonds. The highest BCUT2D eigenvalue weighted by Gasteiger charge is 2.40. The number of carbonyl (C=O) groups excluding carboxylic acids is 1. The van der Waals surface area contributed by atoms with Gasteiger partial charge in [-0.1, -0.05) is 12.1 Å². The van der Waals surface area contributed by atoms with E-state index in [0.717, 1.165) is 81.0 Å². The molecule has 2 aromatic rings. The zero-order chi connectivity index (χ0) is 25.8. The number of aliphatic hydroxyl groups excluding tert-OH is 1. The van der Waals surface area contributed by atoms with Crippen molar-refractivity contribution in [2.24, 2.45) is 0 Å². The highest BCUT2D eigenvalue weighted by atomic mass is 32.2. The van der Waals surface area contributed by atoms with Gasteiger partial charge in [-0.2, -0.15) is 0 Å². The zero-order valence-corrected chi connectivity index (χ0v) is 22.4. The van der Waals surface area contributed by atoms with Gasteiger partial charge in [0, 0.05) is 55.5 Å². The molecule has 0 aromatic heterocycles. The first-order chi connectivity index (χ1) is 18.0. The van der Waals surface area contributed by atoms with Gasteiger partial charge >= 0.3 is 0 Å².